The average molecular weight is 239 g/mol. The van der Waals surface area contributed by atoms with Gasteiger partial charge in [-0.2, -0.15) is 0 Å². The lowest BCUT2D eigenvalue weighted by atomic mass is 10.0. The molecule has 0 bridgehead atoms. The highest BCUT2D eigenvalue weighted by Gasteiger charge is 2.20. The van der Waals surface area contributed by atoms with Gasteiger partial charge < -0.3 is 0 Å². The summed E-state index contributed by atoms with van der Waals surface area (Å²) < 4.78 is 25.3. The molecule has 0 saturated carbocycles. The van der Waals surface area contributed by atoms with Crippen LogP contribution in [0, 0.1) is 0 Å². The van der Waals surface area contributed by atoms with Crippen LogP contribution in [0.3, 0.4) is 0 Å². The molecule has 4 heteroatoms. The molecule has 0 spiro atoms. The van der Waals surface area contributed by atoms with E-state index < -0.39 is 10.0 Å². The summed E-state index contributed by atoms with van der Waals surface area (Å²) in [5.41, 5.74) is 2.42. The van der Waals surface area contributed by atoms with Gasteiger partial charge >= 0.3 is 0 Å². The van der Waals surface area contributed by atoms with E-state index in [1.165, 1.54) is 11.8 Å². The van der Waals surface area contributed by atoms with Crippen molar-refractivity contribution in [1.82, 2.24) is 4.72 Å². The minimum atomic E-state index is -3.13. The quantitative estimate of drug-likeness (QED) is 0.802. The zero-order valence-electron chi connectivity index (χ0n) is 9.44. The van der Waals surface area contributed by atoms with E-state index in [-0.39, 0.29) is 6.04 Å². The summed E-state index contributed by atoms with van der Waals surface area (Å²) in [6.07, 6.45) is 5.38. The molecule has 0 aliphatic heterocycles. The number of hydrogen-bond acceptors (Lipinski definition) is 2. The molecule has 0 heterocycles. The predicted octanol–water partition coefficient (Wildman–Crippen LogP) is 2.00. The summed E-state index contributed by atoms with van der Waals surface area (Å²) >= 11 is 0. The van der Waals surface area contributed by atoms with Gasteiger partial charge in [0.2, 0.25) is 10.0 Å². The first-order valence-corrected chi connectivity index (χ1v) is 7.50. The van der Waals surface area contributed by atoms with Gasteiger partial charge in [-0.15, -0.1) is 0 Å². The molecule has 1 aromatic rings. The van der Waals surface area contributed by atoms with Crippen molar-refractivity contribution in [2.24, 2.45) is 0 Å². The van der Waals surface area contributed by atoms with Crippen LogP contribution in [-0.2, 0) is 16.4 Å². The van der Waals surface area contributed by atoms with Crippen LogP contribution < -0.4 is 4.72 Å². The highest BCUT2D eigenvalue weighted by Crippen LogP contribution is 2.28. The maximum atomic E-state index is 11.3. The highest BCUT2D eigenvalue weighted by molar-refractivity contribution is 7.88. The lowest BCUT2D eigenvalue weighted by Gasteiger charge is -2.17. The van der Waals surface area contributed by atoms with E-state index in [0.29, 0.717) is 0 Å². The summed E-state index contributed by atoms with van der Waals surface area (Å²) in [7, 11) is -3.13. The molecule has 1 aliphatic rings. The van der Waals surface area contributed by atoms with E-state index in [4.69, 9.17) is 0 Å². The van der Waals surface area contributed by atoms with E-state index >= 15 is 0 Å². The van der Waals surface area contributed by atoms with Crippen LogP contribution in [-0.4, -0.2) is 14.7 Å². The Morgan fingerprint density at radius 1 is 1.25 bits per heavy atom. The molecule has 88 valence electrons. The number of aryl methyl sites for hydroxylation is 1. The molecular formula is C12H17NO2S. The van der Waals surface area contributed by atoms with Crippen LogP contribution in [0.5, 0.6) is 0 Å². The lowest BCUT2D eigenvalue weighted by molar-refractivity contribution is 0.536. The second-order valence-corrected chi connectivity index (χ2v) is 6.17. The molecule has 0 saturated heterocycles. The van der Waals surface area contributed by atoms with E-state index in [9.17, 15) is 8.42 Å². The first-order chi connectivity index (χ1) is 7.56. The molecule has 0 aromatic heterocycles. The Kier molecular flexibility index (Phi) is 3.30. The van der Waals surface area contributed by atoms with Gasteiger partial charge in [0.15, 0.2) is 0 Å². The number of hydrogen-bond donors (Lipinski definition) is 1. The second-order valence-electron chi connectivity index (χ2n) is 4.39. The van der Waals surface area contributed by atoms with Crippen molar-refractivity contribution >= 4 is 10.0 Å². The minimum Gasteiger partial charge on any atom is -0.213 e. The van der Waals surface area contributed by atoms with Gasteiger partial charge in [-0.25, -0.2) is 13.1 Å². The van der Waals surface area contributed by atoms with E-state index in [1.807, 2.05) is 18.2 Å². The Morgan fingerprint density at radius 2 is 2.00 bits per heavy atom. The second kappa shape index (κ2) is 4.55. The third kappa shape index (κ3) is 2.83. The average Bonchev–Trinajstić information content (AvgIpc) is 2.39. The van der Waals surface area contributed by atoms with E-state index in [1.54, 1.807) is 0 Å². The van der Waals surface area contributed by atoms with Crippen LogP contribution in [0.15, 0.2) is 24.3 Å². The first-order valence-electron chi connectivity index (χ1n) is 5.61. The Morgan fingerprint density at radius 3 is 2.75 bits per heavy atom. The van der Waals surface area contributed by atoms with Crippen molar-refractivity contribution in [3.05, 3.63) is 35.4 Å². The van der Waals surface area contributed by atoms with Crippen LogP contribution >= 0.6 is 0 Å². The summed E-state index contributed by atoms with van der Waals surface area (Å²) in [6.45, 7) is 0. The fourth-order valence-electron chi connectivity index (χ4n) is 2.30. The van der Waals surface area contributed by atoms with Gasteiger partial charge in [0, 0.05) is 6.04 Å². The summed E-state index contributed by atoms with van der Waals surface area (Å²) in [4.78, 5) is 0. The number of nitrogens with one attached hydrogen (secondary N) is 1. The van der Waals surface area contributed by atoms with Crippen LogP contribution in [0.2, 0.25) is 0 Å². The van der Waals surface area contributed by atoms with E-state index in [0.717, 1.165) is 31.2 Å². The number of fused-ring (bicyclic) bond motifs is 1. The molecule has 1 atom stereocenters. The topological polar surface area (TPSA) is 46.2 Å². The minimum absolute atomic E-state index is 0.0475. The van der Waals surface area contributed by atoms with Crippen molar-refractivity contribution in [2.45, 2.75) is 31.7 Å². The smallest absolute Gasteiger partial charge is 0.209 e. The maximum absolute atomic E-state index is 11.3. The first kappa shape index (κ1) is 11.6. The van der Waals surface area contributed by atoms with Crippen molar-refractivity contribution in [3.8, 4) is 0 Å². The molecule has 3 nitrogen and oxygen atoms in total. The summed E-state index contributed by atoms with van der Waals surface area (Å²) in [6, 6.07) is 8.07. The fraction of sp³-hybridized carbons (Fsp3) is 0.500. The Hall–Kier alpha value is -0.870. The molecule has 1 N–H and O–H groups in total. The largest absolute Gasteiger partial charge is 0.213 e. The van der Waals surface area contributed by atoms with Gasteiger partial charge in [0.25, 0.3) is 0 Å². The molecule has 0 radical (unpaired) electrons. The van der Waals surface area contributed by atoms with Gasteiger partial charge in [-0.3, -0.25) is 0 Å². The third-order valence-electron chi connectivity index (χ3n) is 2.98. The van der Waals surface area contributed by atoms with Crippen molar-refractivity contribution < 1.29 is 8.42 Å². The van der Waals surface area contributed by atoms with Crippen LogP contribution in [0.4, 0.5) is 0 Å². The molecule has 16 heavy (non-hydrogen) atoms. The zero-order chi connectivity index (χ0) is 11.6. The Balaban J connectivity index is 2.32. The summed E-state index contributed by atoms with van der Waals surface area (Å²) in [5, 5.41) is 0. The molecule has 1 aliphatic carbocycles. The SMILES string of the molecule is CS(=O)(=O)NC1CCCCc2ccccc21. The number of benzene rings is 1. The Labute approximate surface area is 96.9 Å². The third-order valence-corrected chi connectivity index (χ3v) is 3.69. The highest BCUT2D eigenvalue weighted by atomic mass is 32.2. The van der Waals surface area contributed by atoms with Crippen molar-refractivity contribution in [1.29, 1.82) is 0 Å². The monoisotopic (exact) mass is 239 g/mol. The molecule has 0 amide bonds. The van der Waals surface area contributed by atoms with Crippen molar-refractivity contribution in [2.75, 3.05) is 6.26 Å². The normalized spacial score (nSPS) is 21.2. The molecule has 1 unspecified atom stereocenters. The zero-order valence-corrected chi connectivity index (χ0v) is 10.3. The number of rotatable bonds is 2. The fourth-order valence-corrected chi connectivity index (χ4v) is 3.06. The van der Waals surface area contributed by atoms with Crippen LogP contribution in [0.1, 0.15) is 36.4 Å². The van der Waals surface area contributed by atoms with Gasteiger partial charge in [0.1, 0.15) is 0 Å². The molecule has 1 aromatic carbocycles. The van der Waals surface area contributed by atoms with E-state index in [2.05, 4.69) is 10.8 Å². The summed E-state index contributed by atoms with van der Waals surface area (Å²) in [5.74, 6) is 0. The van der Waals surface area contributed by atoms with Gasteiger partial charge in [-0.1, -0.05) is 30.7 Å². The molecule has 2 rings (SSSR count). The van der Waals surface area contributed by atoms with Crippen molar-refractivity contribution in [3.63, 3.8) is 0 Å². The number of sulfonamides is 1. The Bertz CT molecular complexity index is 468. The van der Waals surface area contributed by atoms with Gasteiger partial charge in [0.05, 0.1) is 6.26 Å². The predicted molar refractivity (Wildman–Crippen MR) is 64.7 cm³/mol. The lowest BCUT2D eigenvalue weighted by Crippen LogP contribution is -2.27. The standard InChI is InChI=1S/C12H17NO2S/c1-16(14,15)13-12-9-5-3-7-10-6-2-4-8-11(10)12/h2,4,6,8,12-13H,3,5,7,9H2,1H3. The molecular weight excluding hydrogens is 222 g/mol. The van der Waals surface area contributed by atoms with Crippen LogP contribution in [0.25, 0.3) is 0 Å². The maximum Gasteiger partial charge on any atom is 0.209 e. The van der Waals surface area contributed by atoms with Gasteiger partial charge in [-0.05, 0) is 30.4 Å². The molecule has 0 fully saturated rings.